The molecule has 0 heterocycles. The first-order chi connectivity index (χ1) is 5.10. The maximum atomic E-state index is 9.25. The molecule has 0 amide bonds. The summed E-state index contributed by atoms with van der Waals surface area (Å²) in [6, 6.07) is 0. The van der Waals surface area contributed by atoms with Crippen molar-refractivity contribution < 1.29 is 9.90 Å². The minimum atomic E-state index is -0.981. The van der Waals surface area contributed by atoms with E-state index in [9.17, 15) is 4.79 Å². The Bertz CT molecular complexity index is 87.5. The lowest BCUT2D eigenvalue weighted by Crippen LogP contribution is -1.89. The van der Waals surface area contributed by atoms with Crippen molar-refractivity contribution in [3.8, 4) is 0 Å². The van der Waals surface area contributed by atoms with E-state index in [1.807, 2.05) is 28.2 Å². The van der Waals surface area contributed by atoms with Crippen molar-refractivity contribution >= 4 is 18.4 Å². The first kappa shape index (κ1) is 22.5. The molecule has 12 heavy (non-hydrogen) atoms. The van der Waals surface area contributed by atoms with Crippen molar-refractivity contribution in [2.24, 2.45) is 0 Å². The van der Waals surface area contributed by atoms with E-state index in [2.05, 4.69) is 17.2 Å². The molecule has 0 aromatic carbocycles. The third kappa shape index (κ3) is 331. The van der Waals surface area contributed by atoms with E-state index in [0.717, 1.165) is 6.08 Å². The van der Waals surface area contributed by atoms with E-state index >= 15 is 0 Å². The predicted molar refractivity (Wildman–Crippen MR) is 55.0 cm³/mol. The molecule has 76 valence electrons. The van der Waals surface area contributed by atoms with Crippen LogP contribution in [0, 0.1) is 0 Å². The maximum absolute atomic E-state index is 9.25. The molecule has 0 aliphatic carbocycles. The van der Waals surface area contributed by atoms with Crippen molar-refractivity contribution in [2.75, 3.05) is 28.2 Å². The Morgan fingerprint density at radius 3 is 1.33 bits per heavy atom. The van der Waals surface area contributed by atoms with Crippen LogP contribution in [0.25, 0.3) is 0 Å². The summed E-state index contributed by atoms with van der Waals surface area (Å²) < 4.78 is 0. The zero-order valence-electron chi connectivity index (χ0n) is 8.05. The minimum absolute atomic E-state index is 0. The number of carboxylic acid groups (broad SMARTS) is 1. The quantitative estimate of drug-likeness (QED) is 0.533. The number of rotatable bonds is 1. The van der Waals surface area contributed by atoms with Crippen LogP contribution in [0.4, 0.5) is 0 Å². The number of carbonyl (C=O) groups is 1. The molecule has 0 spiro atoms. The molecule has 0 rings (SSSR count). The smallest absolute Gasteiger partial charge is 0.327 e. The second kappa shape index (κ2) is 31.5. The summed E-state index contributed by atoms with van der Waals surface area (Å²) in [5.74, 6) is -0.981. The Hall–Kier alpha value is -0.580. The van der Waals surface area contributed by atoms with Gasteiger partial charge in [0, 0.05) is 6.08 Å². The number of hydrogen-bond acceptors (Lipinski definition) is 3. The van der Waals surface area contributed by atoms with Crippen LogP contribution < -0.4 is 10.6 Å². The maximum Gasteiger partial charge on any atom is 0.327 e. The summed E-state index contributed by atoms with van der Waals surface area (Å²) in [4.78, 5) is 9.25. The number of halogens is 1. The van der Waals surface area contributed by atoms with Crippen molar-refractivity contribution in [1.29, 1.82) is 0 Å². The standard InChI is InChI=1S/C3H4O2.2C2H7N.ClH/c1-2-3(4)5;2*1-3-2;/h2H,1H2,(H,4,5);2*3H,1-2H3;1H. The van der Waals surface area contributed by atoms with Gasteiger partial charge in [-0.25, -0.2) is 4.79 Å². The van der Waals surface area contributed by atoms with Crippen molar-refractivity contribution in [1.82, 2.24) is 10.6 Å². The van der Waals surface area contributed by atoms with Crippen molar-refractivity contribution in [3.63, 3.8) is 0 Å². The van der Waals surface area contributed by atoms with Gasteiger partial charge in [0.05, 0.1) is 0 Å². The minimum Gasteiger partial charge on any atom is -0.478 e. The van der Waals surface area contributed by atoms with Crippen LogP contribution in [0.1, 0.15) is 0 Å². The molecule has 5 heteroatoms. The molecule has 0 saturated carbocycles. The lowest BCUT2D eigenvalue weighted by molar-refractivity contribution is -0.131. The first-order valence-corrected chi connectivity index (χ1v) is 3.12. The zero-order valence-corrected chi connectivity index (χ0v) is 8.86. The van der Waals surface area contributed by atoms with Gasteiger partial charge in [-0.15, -0.1) is 12.4 Å². The molecule has 0 aromatic heterocycles. The topological polar surface area (TPSA) is 61.4 Å². The fraction of sp³-hybridized carbons (Fsp3) is 0.571. The molecule has 0 unspecified atom stereocenters. The normalized spacial score (nSPS) is 5.67. The van der Waals surface area contributed by atoms with E-state index in [4.69, 9.17) is 5.11 Å². The molecule has 0 atom stereocenters. The molecular weight excluding hydrogens is 180 g/mol. The van der Waals surface area contributed by atoms with Gasteiger partial charge in [0.15, 0.2) is 0 Å². The fourth-order valence-corrected chi connectivity index (χ4v) is 0. The highest BCUT2D eigenvalue weighted by atomic mass is 35.5. The van der Waals surface area contributed by atoms with Gasteiger partial charge in [-0.3, -0.25) is 0 Å². The van der Waals surface area contributed by atoms with E-state index in [1.165, 1.54) is 0 Å². The highest BCUT2D eigenvalue weighted by molar-refractivity contribution is 5.85. The first-order valence-electron chi connectivity index (χ1n) is 3.12. The second-order valence-electron chi connectivity index (χ2n) is 1.54. The van der Waals surface area contributed by atoms with Gasteiger partial charge in [0.2, 0.25) is 0 Å². The highest BCUT2D eigenvalue weighted by Crippen LogP contribution is 1.54. The van der Waals surface area contributed by atoms with Crippen molar-refractivity contribution in [2.45, 2.75) is 0 Å². The fourth-order valence-electron chi connectivity index (χ4n) is 0. The van der Waals surface area contributed by atoms with Crippen LogP contribution in [0.5, 0.6) is 0 Å². The summed E-state index contributed by atoms with van der Waals surface area (Å²) in [6.45, 7) is 2.96. The van der Waals surface area contributed by atoms with Crippen molar-refractivity contribution in [3.05, 3.63) is 12.7 Å². The Morgan fingerprint density at radius 1 is 1.25 bits per heavy atom. The van der Waals surface area contributed by atoms with E-state index < -0.39 is 5.97 Å². The summed E-state index contributed by atoms with van der Waals surface area (Å²) >= 11 is 0. The van der Waals surface area contributed by atoms with Crippen LogP contribution in [0.2, 0.25) is 0 Å². The lowest BCUT2D eigenvalue weighted by atomic mass is 10.7. The van der Waals surface area contributed by atoms with E-state index in [1.54, 1.807) is 0 Å². The van der Waals surface area contributed by atoms with Crippen LogP contribution in [0.3, 0.4) is 0 Å². The average Bonchev–Trinajstić information content (AvgIpc) is 1.91. The lowest BCUT2D eigenvalue weighted by Gasteiger charge is -1.64. The Labute approximate surface area is 80.5 Å². The van der Waals surface area contributed by atoms with Crippen LogP contribution >= 0.6 is 12.4 Å². The van der Waals surface area contributed by atoms with Gasteiger partial charge >= 0.3 is 5.97 Å². The molecule has 0 aliphatic rings. The van der Waals surface area contributed by atoms with Gasteiger partial charge in [-0.2, -0.15) is 0 Å². The molecule has 0 aliphatic heterocycles. The Balaban J connectivity index is -0.0000000406. The van der Waals surface area contributed by atoms with Crippen LogP contribution in [0.15, 0.2) is 12.7 Å². The summed E-state index contributed by atoms with van der Waals surface area (Å²) in [6.07, 6.45) is 0.833. The number of carboxylic acids is 1. The van der Waals surface area contributed by atoms with Crippen LogP contribution in [-0.2, 0) is 4.79 Å². The van der Waals surface area contributed by atoms with Gasteiger partial charge in [0.25, 0.3) is 0 Å². The Morgan fingerprint density at radius 2 is 1.33 bits per heavy atom. The molecule has 0 aromatic rings. The molecule has 3 N–H and O–H groups in total. The molecule has 0 bridgehead atoms. The average molecular weight is 199 g/mol. The monoisotopic (exact) mass is 198 g/mol. The summed E-state index contributed by atoms with van der Waals surface area (Å²) in [7, 11) is 7.50. The molecule has 0 radical (unpaired) electrons. The van der Waals surface area contributed by atoms with Gasteiger partial charge in [-0.05, 0) is 28.2 Å². The van der Waals surface area contributed by atoms with E-state index in [0.29, 0.717) is 0 Å². The number of hydrogen-bond donors (Lipinski definition) is 3. The molecule has 0 fully saturated rings. The molecular formula is C7H19ClN2O2. The Kier molecular flexibility index (Phi) is 59.1. The van der Waals surface area contributed by atoms with Crippen LogP contribution in [-0.4, -0.2) is 39.3 Å². The second-order valence-corrected chi connectivity index (χ2v) is 1.54. The van der Waals surface area contributed by atoms with E-state index in [-0.39, 0.29) is 12.4 Å². The SMILES string of the molecule is C=CC(=O)O.CNC.CNC.Cl. The summed E-state index contributed by atoms with van der Waals surface area (Å²) in [5, 5.41) is 13.1. The molecule has 0 saturated heterocycles. The van der Waals surface area contributed by atoms with Gasteiger partial charge in [0.1, 0.15) is 0 Å². The summed E-state index contributed by atoms with van der Waals surface area (Å²) in [5.41, 5.74) is 0. The largest absolute Gasteiger partial charge is 0.478 e. The number of nitrogens with one attached hydrogen (secondary N) is 2. The zero-order chi connectivity index (χ0) is 9.70. The van der Waals surface area contributed by atoms with Gasteiger partial charge in [-0.1, -0.05) is 6.58 Å². The third-order valence-corrected chi connectivity index (χ3v) is 0.175. The predicted octanol–water partition coefficient (Wildman–Crippen LogP) is 0.350. The molecule has 4 nitrogen and oxygen atoms in total. The van der Waals surface area contributed by atoms with Gasteiger partial charge < -0.3 is 15.7 Å². The number of aliphatic carboxylic acids is 1. The highest BCUT2D eigenvalue weighted by Gasteiger charge is 1.73. The third-order valence-electron chi connectivity index (χ3n) is 0.175.